The summed E-state index contributed by atoms with van der Waals surface area (Å²) in [6.45, 7) is 3.64. The fraction of sp³-hybridized carbons (Fsp3) is 0.562. The number of aryl methyl sites for hydroxylation is 1. The third-order valence-corrected chi connectivity index (χ3v) is 4.04. The van der Waals surface area contributed by atoms with Crippen LogP contribution in [0.15, 0.2) is 18.2 Å². The average molecular weight is 292 g/mol. The SMILES string of the molecule is COc1ccc(CN(C)C(=O)C2(N)CCOCC2)cc1C. The Hall–Kier alpha value is -1.59. The Kier molecular flexibility index (Phi) is 4.85. The van der Waals surface area contributed by atoms with E-state index in [1.807, 2.05) is 25.1 Å². The number of carbonyl (C=O) groups excluding carboxylic acids is 1. The van der Waals surface area contributed by atoms with Crippen LogP contribution in [0.3, 0.4) is 0 Å². The molecule has 0 atom stereocenters. The lowest BCUT2D eigenvalue weighted by Gasteiger charge is -2.35. The van der Waals surface area contributed by atoms with Gasteiger partial charge in [0.25, 0.3) is 0 Å². The number of nitrogens with two attached hydrogens (primary N) is 1. The first-order chi connectivity index (χ1) is 9.96. The summed E-state index contributed by atoms with van der Waals surface area (Å²) in [6.07, 6.45) is 1.16. The molecule has 5 nitrogen and oxygen atoms in total. The molecule has 1 amide bonds. The van der Waals surface area contributed by atoms with E-state index in [1.165, 1.54) is 0 Å². The minimum absolute atomic E-state index is 0.0146. The maximum atomic E-state index is 12.6. The van der Waals surface area contributed by atoms with Gasteiger partial charge < -0.3 is 20.1 Å². The van der Waals surface area contributed by atoms with Gasteiger partial charge in [-0.2, -0.15) is 0 Å². The fourth-order valence-corrected chi connectivity index (χ4v) is 2.71. The normalized spacial score (nSPS) is 17.3. The van der Waals surface area contributed by atoms with Crippen molar-refractivity contribution in [3.63, 3.8) is 0 Å². The molecule has 0 saturated carbocycles. The molecule has 1 saturated heterocycles. The quantitative estimate of drug-likeness (QED) is 0.912. The van der Waals surface area contributed by atoms with E-state index >= 15 is 0 Å². The monoisotopic (exact) mass is 292 g/mol. The van der Waals surface area contributed by atoms with Crippen LogP contribution in [-0.2, 0) is 16.1 Å². The van der Waals surface area contributed by atoms with Gasteiger partial charge in [0.05, 0.1) is 12.6 Å². The second-order valence-corrected chi connectivity index (χ2v) is 5.73. The van der Waals surface area contributed by atoms with E-state index in [4.69, 9.17) is 15.2 Å². The smallest absolute Gasteiger partial charge is 0.242 e. The van der Waals surface area contributed by atoms with Crippen molar-refractivity contribution in [3.8, 4) is 5.75 Å². The van der Waals surface area contributed by atoms with E-state index in [-0.39, 0.29) is 5.91 Å². The van der Waals surface area contributed by atoms with Crippen molar-refractivity contribution in [2.24, 2.45) is 5.73 Å². The molecule has 21 heavy (non-hydrogen) atoms. The summed E-state index contributed by atoms with van der Waals surface area (Å²) in [5.74, 6) is 0.840. The van der Waals surface area contributed by atoms with Crippen LogP contribution in [0.1, 0.15) is 24.0 Å². The van der Waals surface area contributed by atoms with E-state index in [9.17, 15) is 4.79 Å². The van der Waals surface area contributed by atoms with Crippen molar-refractivity contribution in [1.82, 2.24) is 4.90 Å². The molecule has 5 heteroatoms. The van der Waals surface area contributed by atoms with Crippen molar-refractivity contribution in [2.75, 3.05) is 27.4 Å². The van der Waals surface area contributed by atoms with Gasteiger partial charge in [-0.05, 0) is 37.0 Å². The first-order valence-corrected chi connectivity index (χ1v) is 7.22. The van der Waals surface area contributed by atoms with E-state index in [2.05, 4.69) is 0 Å². The molecule has 1 aromatic rings. The lowest BCUT2D eigenvalue weighted by atomic mass is 9.89. The van der Waals surface area contributed by atoms with Gasteiger partial charge in [-0.25, -0.2) is 0 Å². The van der Waals surface area contributed by atoms with Gasteiger partial charge >= 0.3 is 0 Å². The van der Waals surface area contributed by atoms with Crippen LogP contribution in [0.5, 0.6) is 5.75 Å². The first kappa shape index (κ1) is 15.8. The number of amides is 1. The number of ether oxygens (including phenoxy) is 2. The summed E-state index contributed by atoms with van der Waals surface area (Å²) >= 11 is 0. The summed E-state index contributed by atoms with van der Waals surface area (Å²) in [7, 11) is 3.45. The van der Waals surface area contributed by atoms with Gasteiger partial charge in [-0.15, -0.1) is 0 Å². The van der Waals surface area contributed by atoms with Crippen LogP contribution in [0, 0.1) is 6.92 Å². The first-order valence-electron chi connectivity index (χ1n) is 7.22. The molecule has 116 valence electrons. The van der Waals surface area contributed by atoms with E-state index < -0.39 is 5.54 Å². The van der Waals surface area contributed by atoms with Crippen LogP contribution >= 0.6 is 0 Å². The summed E-state index contributed by atoms with van der Waals surface area (Å²) in [4.78, 5) is 14.3. The summed E-state index contributed by atoms with van der Waals surface area (Å²) < 4.78 is 10.5. The lowest BCUT2D eigenvalue weighted by Crippen LogP contribution is -2.57. The number of hydrogen-bond donors (Lipinski definition) is 1. The average Bonchev–Trinajstić information content (AvgIpc) is 2.47. The highest BCUT2D eigenvalue weighted by Crippen LogP contribution is 2.22. The van der Waals surface area contributed by atoms with Crippen LogP contribution in [0.2, 0.25) is 0 Å². The maximum absolute atomic E-state index is 12.6. The highest BCUT2D eigenvalue weighted by Gasteiger charge is 2.37. The van der Waals surface area contributed by atoms with Gasteiger partial charge in [0.15, 0.2) is 0 Å². The summed E-state index contributed by atoms with van der Waals surface area (Å²) in [6, 6.07) is 5.94. The number of carbonyl (C=O) groups is 1. The second kappa shape index (κ2) is 6.45. The fourth-order valence-electron chi connectivity index (χ4n) is 2.71. The number of likely N-dealkylation sites (N-methyl/N-ethyl adjacent to an activating group) is 1. The molecule has 0 bridgehead atoms. The third-order valence-electron chi connectivity index (χ3n) is 4.04. The predicted molar refractivity (Wildman–Crippen MR) is 81.2 cm³/mol. The minimum atomic E-state index is -0.783. The van der Waals surface area contributed by atoms with E-state index in [0.717, 1.165) is 16.9 Å². The van der Waals surface area contributed by atoms with Gasteiger partial charge in [-0.1, -0.05) is 12.1 Å². The topological polar surface area (TPSA) is 64.8 Å². The number of nitrogens with zero attached hydrogens (tertiary/aromatic N) is 1. The molecule has 2 N–H and O–H groups in total. The second-order valence-electron chi connectivity index (χ2n) is 5.73. The Morgan fingerprint density at radius 2 is 2.10 bits per heavy atom. The molecule has 0 aliphatic carbocycles. The molecule has 1 fully saturated rings. The van der Waals surface area contributed by atoms with Crippen molar-refractivity contribution >= 4 is 5.91 Å². The number of hydrogen-bond acceptors (Lipinski definition) is 4. The van der Waals surface area contributed by atoms with Gasteiger partial charge in [-0.3, -0.25) is 4.79 Å². The molecule has 0 unspecified atom stereocenters. The summed E-state index contributed by atoms with van der Waals surface area (Å²) in [5.41, 5.74) is 7.59. The predicted octanol–water partition coefficient (Wildman–Crippen LogP) is 1.47. The largest absolute Gasteiger partial charge is 0.496 e. The Morgan fingerprint density at radius 3 is 2.67 bits per heavy atom. The zero-order chi connectivity index (χ0) is 15.5. The molecular weight excluding hydrogens is 268 g/mol. The molecular formula is C16H24N2O3. The summed E-state index contributed by atoms with van der Waals surface area (Å²) in [5, 5.41) is 0. The molecule has 0 aromatic heterocycles. The van der Waals surface area contributed by atoms with Crippen LogP contribution < -0.4 is 10.5 Å². The van der Waals surface area contributed by atoms with Crippen molar-refractivity contribution in [1.29, 1.82) is 0 Å². The van der Waals surface area contributed by atoms with Crippen LogP contribution in [-0.4, -0.2) is 43.7 Å². The van der Waals surface area contributed by atoms with Crippen LogP contribution in [0.4, 0.5) is 0 Å². The maximum Gasteiger partial charge on any atom is 0.242 e. The molecule has 0 radical (unpaired) electrons. The van der Waals surface area contributed by atoms with Gasteiger partial charge in [0.1, 0.15) is 5.75 Å². The molecule has 1 aromatic carbocycles. The highest BCUT2D eigenvalue weighted by atomic mass is 16.5. The Balaban J connectivity index is 2.05. The zero-order valence-electron chi connectivity index (χ0n) is 13.0. The Labute approximate surface area is 126 Å². The molecule has 2 rings (SSSR count). The Morgan fingerprint density at radius 1 is 1.43 bits per heavy atom. The number of methoxy groups -OCH3 is 1. The van der Waals surface area contributed by atoms with Crippen molar-refractivity contribution < 1.29 is 14.3 Å². The van der Waals surface area contributed by atoms with Crippen molar-refractivity contribution in [2.45, 2.75) is 31.8 Å². The third kappa shape index (κ3) is 3.54. The van der Waals surface area contributed by atoms with E-state index in [1.54, 1.807) is 19.1 Å². The number of rotatable bonds is 4. The standard InChI is InChI=1S/C16H24N2O3/c1-12-10-13(4-5-14(12)20-3)11-18(2)15(19)16(17)6-8-21-9-7-16/h4-5,10H,6-9,11,17H2,1-3H3. The van der Waals surface area contributed by atoms with Crippen LogP contribution in [0.25, 0.3) is 0 Å². The molecule has 1 heterocycles. The highest BCUT2D eigenvalue weighted by molar-refractivity contribution is 5.86. The molecule has 0 spiro atoms. The Bertz CT molecular complexity index is 510. The van der Waals surface area contributed by atoms with Crippen molar-refractivity contribution in [3.05, 3.63) is 29.3 Å². The molecule has 1 aliphatic heterocycles. The lowest BCUT2D eigenvalue weighted by molar-refractivity contribution is -0.139. The van der Waals surface area contributed by atoms with E-state index in [0.29, 0.717) is 32.6 Å². The number of benzene rings is 1. The zero-order valence-corrected chi connectivity index (χ0v) is 13.0. The van der Waals surface area contributed by atoms with Gasteiger partial charge in [0.2, 0.25) is 5.91 Å². The molecule has 1 aliphatic rings. The minimum Gasteiger partial charge on any atom is -0.496 e. The van der Waals surface area contributed by atoms with Gasteiger partial charge in [0, 0.05) is 26.8 Å².